The van der Waals surface area contributed by atoms with Crippen molar-refractivity contribution in [3.05, 3.63) is 52.8 Å². The summed E-state index contributed by atoms with van der Waals surface area (Å²) in [6.07, 6.45) is 0. The summed E-state index contributed by atoms with van der Waals surface area (Å²) in [4.78, 5) is 0.114. The lowest BCUT2D eigenvalue weighted by molar-refractivity contribution is 0.601. The fraction of sp³-hybridized carbons (Fsp3) is 0.143. The Morgan fingerprint density at radius 3 is 2.57 bits per heavy atom. The number of benzene rings is 2. The van der Waals surface area contributed by atoms with Crippen LogP contribution in [0.1, 0.15) is 6.92 Å². The molecule has 0 bridgehead atoms. The first-order valence-corrected chi connectivity index (χ1v) is 8.52. The van der Waals surface area contributed by atoms with Crippen LogP contribution in [0, 0.1) is 5.82 Å². The molecule has 0 aliphatic carbocycles. The molecule has 112 valence electrons. The predicted molar refractivity (Wildman–Crippen MR) is 85.5 cm³/mol. The number of anilines is 2. The zero-order valence-corrected chi connectivity index (χ0v) is 13.6. The first-order chi connectivity index (χ1) is 9.94. The van der Waals surface area contributed by atoms with Crippen LogP contribution in [-0.4, -0.2) is 15.0 Å². The lowest BCUT2D eigenvalue weighted by Gasteiger charge is -2.13. The second-order valence-corrected chi connectivity index (χ2v) is 6.76. The summed E-state index contributed by atoms with van der Waals surface area (Å²) in [6, 6.07) is 10.4. The zero-order valence-electron chi connectivity index (χ0n) is 11.2. The second kappa shape index (κ2) is 6.44. The molecule has 0 aromatic heterocycles. The molecule has 0 aliphatic rings. The molecular weight excluding hydrogens is 359 g/mol. The Labute approximate surface area is 131 Å². The van der Waals surface area contributed by atoms with Crippen molar-refractivity contribution in [1.82, 2.24) is 0 Å². The van der Waals surface area contributed by atoms with Gasteiger partial charge in [-0.2, -0.15) is 0 Å². The summed E-state index contributed by atoms with van der Waals surface area (Å²) >= 11 is 3.20. The van der Waals surface area contributed by atoms with E-state index in [0.717, 1.165) is 6.07 Å². The molecule has 0 heterocycles. The van der Waals surface area contributed by atoms with E-state index in [-0.39, 0.29) is 10.6 Å². The fourth-order valence-electron chi connectivity index (χ4n) is 1.81. The number of hydrogen-bond donors (Lipinski definition) is 2. The quantitative estimate of drug-likeness (QED) is 0.838. The van der Waals surface area contributed by atoms with E-state index in [1.54, 1.807) is 18.2 Å². The first-order valence-electron chi connectivity index (χ1n) is 6.25. The predicted octanol–water partition coefficient (Wildman–Crippen LogP) is 3.82. The molecule has 0 fully saturated rings. The molecule has 0 saturated carbocycles. The third-order valence-electron chi connectivity index (χ3n) is 2.72. The molecular formula is C14H14BrFN2O2S. The van der Waals surface area contributed by atoms with Crippen LogP contribution >= 0.6 is 15.9 Å². The minimum Gasteiger partial charge on any atom is -0.384 e. The van der Waals surface area contributed by atoms with Crippen molar-refractivity contribution in [2.45, 2.75) is 11.8 Å². The highest BCUT2D eigenvalue weighted by Gasteiger charge is 2.19. The monoisotopic (exact) mass is 372 g/mol. The van der Waals surface area contributed by atoms with E-state index < -0.39 is 15.8 Å². The molecule has 0 unspecified atom stereocenters. The van der Waals surface area contributed by atoms with Crippen molar-refractivity contribution >= 4 is 37.3 Å². The van der Waals surface area contributed by atoms with Gasteiger partial charge in [0.05, 0.1) is 11.4 Å². The largest absolute Gasteiger partial charge is 0.384 e. The van der Waals surface area contributed by atoms with Crippen LogP contribution in [0.4, 0.5) is 15.8 Å². The summed E-state index contributed by atoms with van der Waals surface area (Å²) < 4.78 is 41.0. The zero-order chi connectivity index (χ0) is 15.5. The molecule has 0 atom stereocenters. The Balaban J connectivity index is 2.41. The summed E-state index contributed by atoms with van der Waals surface area (Å²) in [5.74, 6) is -0.518. The summed E-state index contributed by atoms with van der Waals surface area (Å²) in [5.41, 5.74) is 0.654. The molecule has 2 rings (SSSR count). The van der Waals surface area contributed by atoms with E-state index in [4.69, 9.17) is 0 Å². The van der Waals surface area contributed by atoms with Gasteiger partial charge >= 0.3 is 0 Å². The van der Waals surface area contributed by atoms with Crippen LogP contribution in [0.2, 0.25) is 0 Å². The molecule has 2 N–H and O–H groups in total. The fourth-order valence-corrected chi connectivity index (χ4v) is 3.55. The lowest BCUT2D eigenvalue weighted by Crippen LogP contribution is -2.15. The Hall–Kier alpha value is -1.60. The standard InChI is InChI=1S/C14H14BrFN2O2S/c1-2-17-12-5-3-4-6-14(12)21(19,20)18-13-9-10(16)7-8-11(13)15/h3-9,17-18H,2H2,1H3. The Bertz CT molecular complexity index is 750. The SMILES string of the molecule is CCNc1ccccc1S(=O)(=O)Nc1cc(F)ccc1Br. The van der Waals surface area contributed by atoms with Crippen molar-refractivity contribution in [1.29, 1.82) is 0 Å². The van der Waals surface area contributed by atoms with Crippen molar-refractivity contribution in [2.24, 2.45) is 0 Å². The van der Waals surface area contributed by atoms with Gasteiger partial charge in [-0.15, -0.1) is 0 Å². The van der Waals surface area contributed by atoms with Crippen molar-refractivity contribution in [2.75, 3.05) is 16.6 Å². The van der Waals surface area contributed by atoms with Gasteiger partial charge in [0.15, 0.2) is 0 Å². The molecule has 4 nitrogen and oxygen atoms in total. The topological polar surface area (TPSA) is 58.2 Å². The normalized spacial score (nSPS) is 11.2. The molecule has 0 amide bonds. The molecule has 2 aromatic rings. The average molecular weight is 373 g/mol. The maximum atomic E-state index is 13.3. The number of halogens is 2. The number of para-hydroxylation sites is 1. The number of nitrogens with one attached hydrogen (secondary N) is 2. The van der Waals surface area contributed by atoms with Gasteiger partial charge in [0.25, 0.3) is 10.0 Å². The van der Waals surface area contributed by atoms with E-state index >= 15 is 0 Å². The van der Waals surface area contributed by atoms with Gasteiger partial charge in [-0.3, -0.25) is 4.72 Å². The van der Waals surface area contributed by atoms with Crippen LogP contribution in [0.25, 0.3) is 0 Å². The van der Waals surface area contributed by atoms with Gasteiger partial charge in [-0.25, -0.2) is 12.8 Å². The van der Waals surface area contributed by atoms with Crippen LogP contribution in [0.3, 0.4) is 0 Å². The van der Waals surface area contributed by atoms with Gasteiger partial charge in [0, 0.05) is 11.0 Å². The van der Waals surface area contributed by atoms with Gasteiger partial charge in [-0.05, 0) is 53.2 Å². The van der Waals surface area contributed by atoms with Crippen molar-refractivity contribution < 1.29 is 12.8 Å². The van der Waals surface area contributed by atoms with Gasteiger partial charge in [-0.1, -0.05) is 12.1 Å². The summed E-state index contributed by atoms with van der Waals surface area (Å²) in [5, 5.41) is 2.99. The van der Waals surface area contributed by atoms with Crippen LogP contribution < -0.4 is 10.0 Å². The van der Waals surface area contributed by atoms with E-state index in [1.807, 2.05) is 6.92 Å². The summed E-state index contributed by atoms with van der Waals surface area (Å²) in [6.45, 7) is 2.47. The highest BCUT2D eigenvalue weighted by atomic mass is 79.9. The first kappa shape index (κ1) is 15.8. The van der Waals surface area contributed by atoms with Crippen LogP contribution in [0.5, 0.6) is 0 Å². The minimum atomic E-state index is -3.81. The number of rotatable bonds is 5. The van der Waals surface area contributed by atoms with Gasteiger partial charge in [0.2, 0.25) is 0 Å². The highest BCUT2D eigenvalue weighted by molar-refractivity contribution is 9.10. The van der Waals surface area contributed by atoms with Crippen LogP contribution in [0.15, 0.2) is 51.8 Å². The smallest absolute Gasteiger partial charge is 0.263 e. The Morgan fingerprint density at radius 1 is 1.14 bits per heavy atom. The lowest BCUT2D eigenvalue weighted by atomic mass is 10.3. The third-order valence-corrected chi connectivity index (χ3v) is 4.83. The van der Waals surface area contributed by atoms with Gasteiger partial charge in [0.1, 0.15) is 10.7 Å². The van der Waals surface area contributed by atoms with Gasteiger partial charge < -0.3 is 5.32 Å². The minimum absolute atomic E-state index is 0.114. The third kappa shape index (κ3) is 3.74. The second-order valence-electron chi connectivity index (χ2n) is 4.26. The van der Waals surface area contributed by atoms with Crippen molar-refractivity contribution in [3.8, 4) is 0 Å². The molecule has 7 heteroatoms. The molecule has 0 radical (unpaired) electrons. The molecule has 2 aromatic carbocycles. The number of sulfonamides is 1. The van der Waals surface area contributed by atoms with Crippen molar-refractivity contribution in [3.63, 3.8) is 0 Å². The van der Waals surface area contributed by atoms with E-state index in [1.165, 1.54) is 18.2 Å². The van der Waals surface area contributed by atoms with E-state index in [0.29, 0.717) is 16.7 Å². The highest BCUT2D eigenvalue weighted by Crippen LogP contribution is 2.28. The molecule has 0 aliphatic heterocycles. The maximum Gasteiger partial charge on any atom is 0.263 e. The molecule has 0 saturated heterocycles. The molecule has 0 spiro atoms. The summed E-state index contributed by atoms with van der Waals surface area (Å²) in [7, 11) is -3.81. The Kier molecular flexibility index (Phi) is 4.84. The number of hydrogen-bond acceptors (Lipinski definition) is 3. The Morgan fingerprint density at radius 2 is 1.86 bits per heavy atom. The van der Waals surface area contributed by atoms with Crippen LogP contribution in [-0.2, 0) is 10.0 Å². The molecule has 21 heavy (non-hydrogen) atoms. The van der Waals surface area contributed by atoms with E-state index in [2.05, 4.69) is 26.0 Å². The average Bonchev–Trinajstić information content (AvgIpc) is 2.43. The maximum absolute atomic E-state index is 13.3. The van der Waals surface area contributed by atoms with E-state index in [9.17, 15) is 12.8 Å².